The van der Waals surface area contributed by atoms with Gasteiger partial charge in [0.1, 0.15) is 11.6 Å². The number of hydrogen-bond donors (Lipinski definition) is 3. The Hall–Kier alpha value is -2.95. The van der Waals surface area contributed by atoms with Crippen molar-refractivity contribution in [2.75, 3.05) is 11.1 Å². The maximum absolute atomic E-state index is 13.8. The topological polar surface area (TPSA) is 61.9 Å². The molecule has 2 aromatic carbocycles. The van der Waals surface area contributed by atoms with Gasteiger partial charge in [-0.25, -0.2) is 8.78 Å². The summed E-state index contributed by atoms with van der Waals surface area (Å²) in [4.78, 5) is 0. The fourth-order valence-electron chi connectivity index (χ4n) is 2.03. The molecule has 4 N–H and O–H groups in total. The third kappa shape index (κ3) is 4.26. The van der Waals surface area contributed by atoms with Gasteiger partial charge in [-0.05, 0) is 42.8 Å². The zero-order valence-electron chi connectivity index (χ0n) is 12.7. The summed E-state index contributed by atoms with van der Waals surface area (Å²) < 4.78 is 27.0. The van der Waals surface area contributed by atoms with E-state index in [0.29, 0.717) is 16.8 Å². The van der Waals surface area contributed by atoms with Gasteiger partial charge in [0.2, 0.25) is 0 Å². The third-order valence-corrected chi connectivity index (χ3v) is 3.07. The summed E-state index contributed by atoms with van der Waals surface area (Å²) in [6.07, 6.45) is 3.09. The first-order valence-electron chi connectivity index (χ1n) is 6.91. The second-order valence-corrected chi connectivity index (χ2v) is 5.13. The number of nitrogen functional groups attached to an aromatic ring is 1. The molecule has 0 spiro atoms. The van der Waals surface area contributed by atoms with Gasteiger partial charge in [-0.1, -0.05) is 24.8 Å². The molecule has 0 fully saturated rings. The smallest absolute Gasteiger partial charge is 0.148 e. The Morgan fingerprint density at radius 1 is 1.26 bits per heavy atom. The van der Waals surface area contributed by atoms with Gasteiger partial charge in [-0.3, -0.25) is 0 Å². The molecule has 23 heavy (non-hydrogen) atoms. The number of anilines is 2. The molecule has 3 nitrogen and oxygen atoms in total. The maximum Gasteiger partial charge on any atom is 0.148 e. The van der Waals surface area contributed by atoms with E-state index in [9.17, 15) is 8.78 Å². The van der Waals surface area contributed by atoms with Gasteiger partial charge in [0.05, 0.1) is 11.4 Å². The van der Waals surface area contributed by atoms with E-state index < -0.39 is 5.82 Å². The van der Waals surface area contributed by atoms with Crippen molar-refractivity contribution in [2.24, 2.45) is 0 Å². The average molecular weight is 313 g/mol. The Bertz CT molecular complexity index is 795. The lowest BCUT2D eigenvalue weighted by molar-refractivity contribution is 0.627. The largest absolute Gasteiger partial charge is 0.398 e. The van der Waals surface area contributed by atoms with Crippen LogP contribution in [0.1, 0.15) is 18.1 Å². The second kappa shape index (κ2) is 6.87. The van der Waals surface area contributed by atoms with Crippen molar-refractivity contribution in [3.63, 3.8) is 0 Å². The number of nitrogens with one attached hydrogen (secondary N) is 2. The van der Waals surface area contributed by atoms with Crippen LogP contribution >= 0.6 is 0 Å². The monoisotopic (exact) mass is 313 g/mol. The van der Waals surface area contributed by atoms with Crippen molar-refractivity contribution in [2.45, 2.75) is 6.92 Å². The van der Waals surface area contributed by atoms with E-state index >= 15 is 0 Å². The lowest BCUT2D eigenvalue weighted by Gasteiger charge is -2.11. The molecular weight excluding hydrogens is 296 g/mol. The maximum atomic E-state index is 13.8. The Kier molecular flexibility index (Phi) is 4.91. The quantitative estimate of drug-likeness (QED) is 0.559. The molecule has 0 bridgehead atoms. The zero-order chi connectivity index (χ0) is 17.0. The summed E-state index contributed by atoms with van der Waals surface area (Å²) in [6, 6.07) is 8.61. The van der Waals surface area contributed by atoms with Crippen LogP contribution in [0.15, 0.2) is 54.8 Å². The normalized spacial score (nSPS) is 10.7. The molecule has 0 heterocycles. The summed E-state index contributed by atoms with van der Waals surface area (Å²) in [5.41, 5.74) is 7.81. The Morgan fingerprint density at radius 2 is 2.00 bits per heavy atom. The molecule has 118 valence electrons. The lowest BCUT2D eigenvalue weighted by atomic mass is 10.0. The fraction of sp³-hybridized carbons (Fsp3) is 0.0556. The van der Waals surface area contributed by atoms with Crippen molar-refractivity contribution in [1.82, 2.24) is 0 Å². The summed E-state index contributed by atoms with van der Waals surface area (Å²) >= 11 is 0. The Labute approximate surface area is 133 Å². The molecule has 0 aromatic heterocycles. The standard InChI is InChI=1S/C18H17F2N3/c1-11(2)23-18-9-14(17(22)10-15(18)20)16(21)7-6-12-4-3-5-13(19)8-12/h3-10,21,23H,1,22H2,2H3/b7-6+,21-16?. The van der Waals surface area contributed by atoms with Crippen LogP contribution in [-0.4, -0.2) is 5.71 Å². The molecule has 5 heteroatoms. The van der Waals surface area contributed by atoms with Gasteiger partial charge in [-0.15, -0.1) is 0 Å². The van der Waals surface area contributed by atoms with E-state index in [1.54, 1.807) is 25.1 Å². The van der Waals surface area contributed by atoms with Crippen molar-refractivity contribution < 1.29 is 8.78 Å². The van der Waals surface area contributed by atoms with E-state index in [0.717, 1.165) is 6.07 Å². The zero-order valence-corrected chi connectivity index (χ0v) is 12.7. The van der Waals surface area contributed by atoms with Crippen molar-refractivity contribution >= 4 is 23.2 Å². The molecule has 2 aromatic rings. The van der Waals surface area contributed by atoms with Crippen LogP contribution < -0.4 is 11.1 Å². The van der Waals surface area contributed by atoms with Gasteiger partial charge in [0.15, 0.2) is 0 Å². The molecule has 0 aliphatic rings. The number of rotatable bonds is 5. The summed E-state index contributed by atoms with van der Waals surface area (Å²) in [7, 11) is 0. The summed E-state index contributed by atoms with van der Waals surface area (Å²) in [5, 5.41) is 10.9. The van der Waals surface area contributed by atoms with Gasteiger partial charge >= 0.3 is 0 Å². The predicted octanol–water partition coefficient (Wildman–Crippen LogP) is 4.57. The highest BCUT2D eigenvalue weighted by atomic mass is 19.1. The number of halogens is 2. The fourth-order valence-corrected chi connectivity index (χ4v) is 2.03. The van der Waals surface area contributed by atoms with Crippen LogP contribution in [0, 0.1) is 17.0 Å². The van der Waals surface area contributed by atoms with Crippen LogP contribution in [0.4, 0.5) is 20.2 Å². The van der Waals surface area contributed by atoms with Crippen molar-refractivity contribution in [3.8, 4) is 0 Å². The van der Waals surface area contributed by atoms with Crippen molar-refractivity contribution in [1.29, 1.82) is 5.41 Å². The first kappa shape index (κ1) is 16.4. The van der Waals surface area contributed by atoms with Gasteiger partial charge in [0, 0.05) is 16.9 Å². The minimum atomic E-state index is -0.517. The van der Waals surface area contributed by atoms with Crippen LogP contribution in [0.3, 0.4) is 0 Å². The molecular formula is C18H17F2N3. The third-order valence-electron chi connectivity index (χ3n) is 3.07. The minimum absolute atomic E-state index is 0.0940. The number of nitrogens with two attached hydrogens (primary N) is 1. The molecule has 0 radical (unpaired) electrons. The summed E-state index contributed by atoms with van der Waals surface area (Å²) in [6.45, 7) is 5.36. The molecule has 2 rings (SSSR count). The van der Waals surface area contributed by atoms with E-state index in [4.69, 9.17) is 11.1 Å². The Morgan fingerprint density at radius 3 is 2.65 bits per heavy atom. The predicted molar refractivity (Wildman–Crippen MR) is 91.5 cm³/mol. The average Bonchev–Trinajstić information content (AvgIpc) is 2.47. The highest BCUT2D eigenvalue weighted by Gasteiger charge is 2.10. The molecule has 0 aliphatic heterocycles. The molecule has 0 saturated carbocycles. The van der Waals surface area contributed by atoms with E-state index in [1.807, 2.05) is 0 Å². The first-order chi connectivity index (χ1) is 10.9. The molecule has 0 aliphatic carbocycles. The molecule has 0 amide bonds. The highest BCUT2D eigenvalue weighted by molar-refractivity contribution is 6.12. The van der Waals surface area contributed by atoms with Crippen LogP contribution in [0.5, 0.6) is 0 Å². The van der Waals surface area contributed by atoms with E-state index in [2.05, 4.69) is 11.9 Å². The summed E-state index contributed by atoms with van der Waals surface area (Å²) in [5.74, 6) is -0.871. The lowest BCUT2D eigenvalue weighted by Crippen LogP contribution is -2.05. The van der Waals surface area contributed by atoms with Crippen LogP contribution in [0.25, 0.3) is 6.08 Å². The number of benzene rings is 2. The van der Waals surface area contributed by atoms with Gasteiger partial charge in [-0.2, -0.15) is 0 Å². The first-order valence-corrected chi connectivity index (χ1v) is 6.91. The molecule has 0 atom stereocenters. The second-order valence-electron chi connectivity index (χ2n) is 5.13. The highest BCUT2D eigenvalue weighted by Crippen LogP contribution is 2.24. The van der Waals surface area contributed by atoms with Gasteiger partial charge in [0.25, 0.3) is 0 Å². The molecule has 0 unspecified atom stereocenters. The van der Waals surface area contributed by atoms with Crippen LogP contribution in [-0.2, 0) is 0 Å². The number of hydrogen-bond acceptors (Lipinski definition) is 3. The number of allylic oxidation sites excluding steroid dienone is 2. The Balaban J connectivity index is 2.30. The van der Waals surface area contributed by atoms with Crippen LogP contribution in [0.2, 0.25) is 0 Å². The SMILES string of the molecule is C=C(C)Nc1cc(C(=N)/C=C/c2cccc(F)c2)c(N)cc1F. The van der Waals surface area contributed by atoms with E-state index in [-0.39, 0.29) is 22.9 Å². The van der Waals surface area contributed by atoms with Crippen molar-refractivity contribution in [3.05, 3.63) is 77.5 Å². The van der Waals surface area contributed by atoms with E-state index in [1.165, 1.54) is 24.3 Å². The minimum Gasteiger partial charge on any atom is -0.398 e. The molecule has 0 saturated heterocycles. The van der Waals surface area contributed by atoms with Gasteiger partial charge < -0.3 is 16.5 Å².